The molecule has 0 aliphatic rings. The number of ether oxygens (including phenoxy) is 2. The lowest BCUT2D eigenvalue weighted by Crippen LogP contribution is -2.43. The van der Waals surface area contributed by atoms with E-state index < -0.39 is 0 Å². The van der Waals surface area contributed by atoms with Gasteiger partial charge in [-0.05, 0) is 36.5 Å². The van der Waals surface area contributed by atoms with E-state index in [1.54, 1.807) is 0 Å². The third kappa shape index (κ3) is 11.4. The van der Waals surface area contributed by atoms with Gasteiger partial charge in [0.2, 0.25) is 0 Å². The highest BCUT2D eigenvalue weighted by Crippen LogP contribution is 2.42. The fourth-order valence-corrected chi connectivity index (χ4v) is 4.10. The van der Waals surface area contributed by atoms with E-state index in [9.17, 15) is 9.59 Å². The van der Waals surface area contributed by atoms with Gasteiger partial charge in [0.25, 0.3) is 0 Å². The Balaban J connectivity index is 4.18. The topological polar surface area (TPSA) is 52.6 Å². The molecule has 4 nitrogen and oxygen atoms in total. The van der Waals surface area contributed by atoms with Gasteiger partial charge in [0.1, 0.15) is 0 Å². The molecular weight excluding hydrogens is 376 g/mol. The van der Waals surface area contributed by atoms with Gasteiger partial charge < -0.3 is 9.47 Å². The first-order valence-corrected chi connectivity index (χ1v) is 12.4. The summed E-state index contributed by atoms with van der Waals surface area (Å²) in [6.07, 6.45) is 9.19. The molecule has 0 aromatic heterocycles. The molecule has 0 spiro atoms. The minimum atomic E-state index is -0.384. The Labute approximate surface area is 186 Å². The fraction of sp³-hybridized carbons (Fsp3) is 0.923. The SMILES string of the molecule is CC(C)COC(=O)CCCCCCCCCC(C(=O)OCC(C)C)(C(C)C)C(C)C. The van der Waals surface area contributed by atoms with Gasteiger partial charge in [-0.25, -0.2) is 0 Å². The summed E-state index contributed by atoms with van der Waals surface area (Å²) in [6.45, 7) is 17.9. The number of carbonyl (C=O) groups excluding carboxylic acids is 2. The van der Waals surface area contributed by atoms with Gasteiger partial charge in [-0.1, -0.05) is 93.9 Å². The molecule has 0 aromatic carbocycles. The number of carbonyl (C=O) groups is 2. The van der Waals surface area contributed by atoms with E-state index in [1.807, 2.05) is 13.8 Å². The first kappa shape index (κ1) is 28.9. The van der Waals surface area contributed by atoms with Crippen molar-refractivity contribution in [3.05, 3.63) is 0 Å². The molecule has 0 atom stereocenters. The molecule has 0 rings (SSSR count). The van der Waals surface area contributed by atoms with Crippen molar-refractivity contribution in [1.29, 1.82) is 0 Å². The highest BCUT2D eigenvalue weighted by molar-refractivity contribution is 5.77. The molecule has 0 fully saturated rings. The van der Waals surface area contributed by atoms with Crippen LogP contribution in [0.5, 0.6) is 0 Å². The molecule has 4 heteroatoms. The average molecular weight is 427 g/mol. The highest BCUT2D eigenvalue weighted by atomic mass is 16.5. The molecule has 0 amide bonds. The third-order valence-corrected chi connectivity index (χ3v) is 6.04. The van der Waals surface area contributed by atoms with Crippen molar-refractivity contribution in [1.82, 2.24) is 0 Å². The van der Waals surface area contributed by atoms with Crippen molar-refractivity contribution in [3.8, 4) is 0 Å². The van der Waals surface area contributed by atoms with E-state index in [4.69, 9.17) is 9.47 Å². The Morgan fingerprint density at radius 2 is 1.07 bits per heavy atom. The standard InChI is InChI=1S/C26H50O4/c1-20(2)18-29-24(27)16-14-12-10-9-11-13-15-17-26(22(5)6,23(7)8)25(28)30-19-21(3)4/h20-23H,9-19H2,1-8H3. The lowest BCUT2D eigenvalue weighted by atomic mass is 9.66. The zero-order valence-electron chi connectivity index (χ0n) is 21.2. The number of rotatable bonds is 17. The van der Waals surface area contributed by atoms with Crippen LogP contribution in [-0.2, 0) is 19.1 Å². The van der Waals surface area contributed by atoms with Crippen LogP contribution in [0.1, 0.15) is 113 Å². The monoisotopic (exact) mass is 426 g/mol. The number of hydrogen-bond acceptors (Lipinski definition) is 4. The maximum atomic E-state index is 13.0. The molecule has 0 saturated carbocycles. The lowest BCUT2D eigenvalue weighted by Gasteiger charge is -2.39. The Hall–Kier alpha value is -1.06. The summed E-state index contributed by atoms with van der Waals surface area (Å²) in [7, 11) is 0. The van der Waals surface area contributed by atoms with Gasteiger partial charge >= 0.3 is 11.9 Å². The van der Waals surface area contributed by atoms with Crippen LogP contribution in [0.25, 0.3) is 0 Å². The van der Waals surface area contributed by atoms with Gasteiger partial charge in [-0.2, -0.15) is 0 Å². The Kier molecular flexibility index (Phi) is 15.1. The largest absolute Gasteiger partial charge is 0.465 e. The van der Waals surface area contributed by atoms with Crippen LogP contribution >= 0.6 is 0 Å². The zero-order chi connectivity index (χ0) is 23.2. The summed E-state index contributed by atoms with van der Waals surface area (Å²) >= 11 is 0. The van der Waals surface area contributed by atoms with E-state index >= 15 is 0 Å². The second-order valence-corrected chi connectivity index (χ2v) is 10.4. The van der Waals surface area contributed by atoms with Crippen molar-refractivity contribution >= 4 is 11.9 Å². The predicted molar refractivity (Wildman–Crippen MR) is 125 cm³/mol. The second-order valence-electron chi connectivity index (χ2n) is 10.4. The second kappa shape index (κ2) is 15.7. The summed E-state index contributed by atoms with van der Waals surface area (Å²) in [5, 5.41) is 0. The lowest BCUT2D eigenvalue weighted by molar-refractivity contribution is -0.165. The van der Waals surface area contributed by atoms with Gasteiger partial charge in [-0.3, -0.25) is 9.59 Å². The molecule has 0 radical (unpaired) electrons. The van der Waals surface area contributed by atoms with E-state index in [2.05, 4.69) is 41.5 Å². The van der Waals surface area contributed by atoms with Crippen LogP contribution in [0.3, 0.4) is 0 Å². The predicted octanol–water partition coefficient (Wildman–Crippen LogP) is 7.19. The van der Waals surface area contributed by atoms with Crippen molar-refractivity contribution in [3.63, 3.8) is 0 Å². The van der Waals surface area contributed by atoms with Crippen molar-refractivity contribution in [2.75, 3.05) is 13.2 Å². The molecule has 0 aliphatic heterocycles. The first-order chi connectivity index (χ1) is 14.0. The Bertz CT molecular complexity index is 458. The summed E-state index contributed by atoms with van der Waals surface area (Å²) in [5.74, 6) is 1.23. The normalized spacial score (nSPS) is 12.3. The molecule has 0 aromatic rings. The van der Waals surface area contributed by atoms with Crippen LogP contribution in [0.2, 0.25) is 0 Å². The van der Waals surface area contributed by atoms with Crippen LogP contribution < -0.4 is 0 Å². The van der Waals surface area contributed by atoms with Gasteiger partial charge in [0, 0.05) is 6.42 Å². The maximum absolute atomic E-state index is 13.0. The van der Waals surface area contributed by atoms with Gasteiger partial charge in [0.05, 0.1) is 18.6 Å². The molecule has 0 unspecified atom stereocenters. The average Bonchev–Trinajstić information content (AvgIpc) is 2.65. The summed E-state index contributed by atoms with van der Waals surface area (Å²) in [6, 6.07) is 0. The summed E-state index contributed by atoms with van der Waals surface area (Å²) in [5.41, 5.74) is -0.384. The molecule has 0 bridgehead atoms. The van der Waals surface area contributed by atoms with Gasteiger partial charge in [-0.15, -0.1) is 0 Å². The number of esters is 2. The van der Waals surface area contributed by atoms with Crippen molar-refractivity contribution < 1.29 is 19.1 Å². The van der Waals surface area contributed by atoms with Gasteiger partial charge in [0.15, 0.2) is 0 Å². The van der Waals surface area contributed by atoms with Crippen molar-refractivity contribution in [2.45, 2.75) is 113 Å². The van der Waals surface area contributed by atoms with Crippen LogP contribution in [0, 0.1) is 29.1 Å². The van der Waals surface area contributed by atoms with E-state index in [0.29, 0.717) is 31.5 Å². The van der Waals surface area contributed by atoms with Crippen LogP contribution in [-0.4, -0.2) is 25.2 Å². The van der Waals surface area contributed by atoms with Crippen LogP contribution in [0.15, 0.2) is 0 Å². The molecular formula is C26H50O4. The smallest absolute Gasteiger partial charge is 0.312 e. The highest BCUT2D eigenvalue weighted by Gasteiger charge is 2.45. The molecule has 0 N–H and O–H groups in total. The quantitative estimate of drug-likeness (QED) is 0.182. The molecule has 30 heavy (non-hydrogen) atoms. The Morgan fingerprint density at radius 3 is 1.53 bits per heavy atom. The number of unbranched alkanes of at least 4 members (excludes halogenated alkanes) is 6. The first-order valence-electron chi connectivity index (χ1n) is 12.4. The number of hydrogen-bond donors (Lipinski definition) is 0. The molecule has 0 heterocycles. The van der Waals surface area contributed by atoms with Crippen molar-refractivity contribution in [2.24, 2.45) is 29.1 Å². The minimum Gasteiger partial charge on any atom is -0.465 e. The zero-order valence-corrected chi connectivity index (χ0v) is 21.2. The Morgan fingerprint density at radius 1 is 0.633 bits per heavy atom. The van der Waals surface area contributed by atoms with Crippen LogP contribution in [0.4, 0.5) is 0 Å². The minimum absolute atomic E-state index is 0.00875. The molecule has 178 valence electrons. The van der Waals surface area contributed by atoms with E-state index in [-0.39, 0.29) is 29.2 Å². The van der Waals surface area contributed by atoms with E-state index in [0.717, 1.165) is 38.5 Å². The molecule has 0 aliphatic carbocycles. The third-order valence-electron chi connectivity index (χ3n) is 6.04. The van der Waals surface area contributed by atoms with E-state index in [1.165, 1.54) is 12.8 Å². The molecule has 0 saturated heterocycles. The summed E-state index contributed by atoms with van der Waals surface area (Å²) < 4.78 is 10.9. The summed E-state index contributed by atoms with van der Waals surface area (Å²) in [4.78, 5) is 24.6. The fourth-order valence-electron chi connectivity index (χ4n) is 4.10. The maximum Gasteiger partial charge on any atom is 0.312 e.